The SMILES string of the molecule is CCCCCC(C(=O)O)C1C(=O)CCC1C=Cc1cccc(Cl)c1. The maximum Gasteiger partial charge on any atom is 0.307 e. The van der Waals surface area contributed by atoms with Crippen LogP contribution in [0.1, 0.15) is 51.0 Å². The van der Waals surface area contributed by atoms with Crippen LogP contribution in [0.15, 0.2) is 30.3 Å². The molecule has 1 fully saturated rings. The number of carbonyl (C=O) groups excluding carboxylic acids is 1. The molecule has 0 saturated heterocycles. The van der Waals surface area contributed by atoms with E-state index in [1.165, 1.54) is 0 Å². The molecule has 0 radical (unpaired) electrons. The van der Waals surface area contributed by atoms with Crippen LogP contribution in [-0.4, -0.2) is 16.9 Å². The van der Waals surface area contributed by atoms with Crippen LogP contribution in [-0.2, 0) is 9.59 Å². The molecule has 3 unspecified atom stereocenters. The van der Waals surface area contributed by atoms with E-state index in [1.807, 2.05) is 36.4 Å². The highest BCUT2D eigenvalue weighted by molar-refractivity contribution is 6.30. The number of rotatable bonds is 8. The van der Waals surface area contributed by atoms with E-state index in [1.54, 1.807) is 0 Å². The molecule has 1 N–H and O–H groups in total. The Balaban J connectivity index is 2.13. The van der Waals surface area contributed by atoms with Crippen molar-refractivity contribution in [2.45, 2.75) is 45.4 Å². The Bertz CT molecular complexity index is 609. The van der Waals surface area contributed by atoms with Gasteiger partial charge >= 0.3 is 5.97 Å². The normalized spacial score (nSPS) is 22.2. The molecule has 2 rings (SSSR count). The van der Waals surface area contributed by atoms with Gasteiger partial charge in [0.15, 0.2) is 0 Å². The van der Waals surface area contributed by atoms with Crippen LogP contribution >= 0.6 is 11.6 Å². The molecule has 130 valence electrons. The number of carbonyl (C=O) groups is 2. The molecule has 4 heteroatoms. The van der Waals surface area contributed by atoms with Gasteiger partial charge in [-0.15, -0.1) is 0 Å². The van der Waals surface area contributed by atoms with Gasteiger partial charge in [0.2, 0.25) is 0 Å². The predicted octanol–water partition coefficient (Wildman–Crippen LogP) is 5.23. The summed E-state index contributed by atoms with van der Waals surface area (Å²) in [6.07, 6.45) is 8.66. The minimum Gasteiger partial charge on any atom is -0.481 e. The zero-order valence-electron chi connectivity index (χ0n) is 14.1. The Morgan fingerprint density at radius 3 is 2.88 bits per heavy atom. The predicted molar refractivity (Wildman–Crippen MR) is 97.0 cm³/mol. The van der Waals surface area contributed by atoms with Crippen LogP contribution in [0.5, 0.6) is 0 Å². The maximum absolute atomic E-state index is 12.3. The van der Waals surface area contributed by atoms with Crippen molar-refractivity contribution in [3.05, 3.63) is 40.9 Å². The van der Waals surface area contributed by atoms with Crippen LogP contribution in [0.2, 0.25) is 5.02 Å². The average molecular weight is 349 g/mol. The summed E-state index contributed by atoms with van der Waals surface area (Å²) in [4.78, 5) is 24.0. The van der Waals surface area contributed by atoms with Crippen molar-refractivity contribution in [1.29, 1.82) is 0 Å². The second kappa shape index (κ2) is 9.03. The number of aliphatic carboxylic acids is 1. The maximum atomic E-state index is 12.3. The lowest BCUT2D eigenvalue weighted by Crippen LogP contribution is -2.30. The number of benzene rings is 1. The molecule has 0 aliphatic heterocycles. The highest BCUT2D eigenvalue weighted by Crippen LogP contribution is 2.38. The molecule has 1 aromatic rings. The summed E-state index contributed by atoms with van der Waals surface area (Å²) in [6.45, 7) is 2.09. The molecular weight excluding hydrogens is 324 g/mol. The van der Waals surface area contributed by atoms with E-state index in [0.717, 1.165) is 31.2 Å². The number of allylic oxidation sites excluding steroid dienone is 1. The van der Waals surface area contributed by atoms with Crippen molar-refractivity contribution >= 4 is 29.4 Å². The summed E-state index contributed by atoms with van der Waals surface area (Å²) >= 11 is 5.99. The highest BCUT2D eigenvalue weighted by atomic mass is 35.5. The third-order valence-electron chi connectivity index (χ3n) is 4.81. The average Bonchev–Trinajstić information content (AvgIpc) is 2.90. The van der Waals surface area contributed by atoms with Crippen molar-refractivity contribution in [2.75, 3.05) is 0 Å². The van der Waals surface area contributed by atoms with E-state index in [0.29, 0.717) is 17.9 Å². The van der Waals surface area contributed by atoms with Crippen molar-refractivity contribution in [2.24, 2.45) is 17.8 Å². The van der Waals surface area contributed by atoms with Crippen molar-refractivity contribution in [3.8, 4) is 0 Å². The first-order valence-electron chi connectivity index (χ1n) is 8.72. The second-order valence-electron chi connectivity index (χ2n) is 6.55. The van der Waals surface area contributed by atoms with Crippen molar-refractivity contribution in [3.63, 3.8) is 0 Å². The number of carboxylic acid groups (broad SMARTS) is 1. The van der Waals surface area contributed by atoms with E-state index < -0.39 is 17.8 Å². The van der Waals surface area contributed by atoms with E-state index >= 15 is 0 Å². The van der Waals surface area contributed by atoms with Gasteiger partial charge < -0.3 is 5.11 Å². The van der Waals surface area contributed by atoms with Gasteiger partial charge in [-0.25, -0.2) is 0 Å². The fourth-order valence-electron chi connectivity index (χ4n) is 3.55. The molecule has 0 heterocycles. The minimum absolute atomic E-state index is 0.000733. The Morgan fingerprint density at radius 2 is 2.21 bits per heavy atom. The first-order valence-corrected chi connectivity index (χ1v) is 9.10. The molecule has 1 aliphatic carbocycles. The van der Waals surface area contributed by atoms with Gasteiger partial charge in [-0.05, 0) is 36.5 Å². The number of hydrogen-bond donors (Lipinski definition) is 1. The minimum atomic E-state index is -0.840. The monoisotopic (exact) mass is 348 g/mol. The fourth-order valence-corrected chi connectivity index (χ4v) is 3.75. The second-order valence-corrected chi connectivity index (χ2v) is 6.99. The molecule has 0 aromatic heterocycles. The molecule has 24 heavy (non-hydrogen) atoms. The fraction of sp³-hybridized carbons (Fsp3) is 0.500. The van der Waals surface area contributed by atoms with Crippen LogP contribution in [0.4, 0.5) is 0 Å². The van der Waals surface area contributed by atoms with Gasteiger partial charge in [-0.2, -0.15) is 0 Å². The van der Waals surface area contributed by atoms with Crippen molar-refractivity contribution < 1.29 is 14.7 Å². The van der Waals surface area contributed by atoms with Gasteiger partial charge in [0.1, 0.15) is 5.78 Å². The Kier molecular flexibility index (Phi) is 7.04. The van der Waals surface area contributed by atoms with E-state index in [2.05, 4.69) is 6.92 Å². The molecule has 3 atom stereocenters. The summed E-state index contributed by atoms with van der Waals surface area (Å²) in [5.41, 5.74) is 0.971. The molecule has 0 spiro atoms. The smallest absolute Gasteiger partial charge is 0.307 e. The first kappa shape index (κ1) is 18.7. The van der Waals surface area contributed by atoms with Crippen LogP contribution in [0.25, 0.3) is 6.08 Å². The lowest BCUT2D eigenvalue weighted by Gasteiger charge is -2.22. The standard InChI is InChI=1S/C20H25ClO3/c1-2-3-4-8-17(20(23)24)19-15(11-12-18(19)22)10-9-14-6-5-7-16(21)13-14/h5-7,9-10,13,15,17,19H,2-4,8,11-12H2,1H3,(H,23,24). The molecule has 0 bridgehead atoms. The lowest BCUT2D eigenvalue weighted by atomic mass is 9.80. The number of hydrogen-bond acceptors (Lipinski definition) is 2. The molecule has 3 nitrogen and oxygen atoms in total. The lowest BCUT2D eigenvalue weighted by molar-refractivity contribution is -0.147. The summed E-state index contributed by atoms with van der Waals surface area (Å²) in [5.74, 6) is -1.71. The van der Waals surface area contributed by atoms with Crippen LogP contribution in [0.3, 0.4) is 0 Å². The Morgan fingerprint density at radius 1 is 1.42 bits per heavy atom. The van der Waals surface area contributed by atoms with Gasteiger partial charge in [-0.3, -0.25) is 9.59 Å². The first-order chi connectivity index (χ1) is 11.5. The number of Topliss-reactive ketones (excluding diaryl/α,β-unsaturated/α-hetero) is 1. The molecule has 1 aromatic carbocycles. The summed E-state index contributed by atoms with van der Waals surface area (Å²) < 4.78 is 0. The van der Waals surface area contributed by atoms with Gasteiger partial charge in [-0.1, -0.05) is 62.1 Å². The topological polar surface area (TPSA) is 54.4 Å². The van der Waals surface area contributed by atoms with Gasteiger partial charge in [0, 0.05) is 17.4 Å². The number of carboxylic acids is 1. The molecule has 1 saturated carbocycles. The molecule has 0 amide bonds. The van der Waals surface area contributed by atoms with Gasteiger partial charge in [0.25, 0.3) is 0 Å². The third-order valence-corrected chi connectivity index (χ3v) is 5.05. The zero-order chi connectivity index (χ0) is 17.5. The van der Waals surface area contributed by atoms with E-state index in [9.17, 15) is 14.7 Å². The molecular formula is C20H25ClO3. The third kappa shape index (κ3) is 4.94. The van der Waals surface area contributed by atoms with Gasteiger partial charge in [0.05, 0.1) is 5.92 Å². The number of unbranched alkanes of at least 4 members (excludes halogenated alkanes) is 2. The molecule has 1 aliphatic rings. The quantitative estimate of drug-likeness (QED) is 0.654. The summed E-state index contributed by atoms with van der Waals surface area (Å²) in [7, 11) is 0. The Hall–Kier alpha value is -1.61. The van der Waals surface area contributed by atoms with E-state index in [-0.39, 0.29) is 11.7 Å². The zero-order valence-corrected chi connectivity index (χ0v) is 14.8. The summed E-state index contributed by atoms with van der Waals surface area (Å²) in [6, 6.07) is 7.50. The van der Waals surface area contributed by atoms with Crippen LogP contribution in [0, 0.1) is 17.8 Å². The number of ketones is 1. The highest BCUT2D eigenvalue weighted by Gasteiger charge is 2.41. The van der Waals surface area contributed by atoms with Crippen molar-refractivity contribution in [1.82, 2.24) is 0 Å². The van der Waals surface area contributed by atoms with E-state index in [4.69, 9.17) is 11.6 Å². The van der Waals surface area contributed by atoms with Crippen LogP contribution < -0.4 is 0 Å². The largest absolute Gasteiger partial charge is 0.481 e. The Labute approximate surface area is 148 Å². The number of halogens is 1. The summed E-state index contributed by atoms with van der Waals surface area (Å²) in [5, 5.41) is 10.3.